The molecule has 286 valence electrons. The summed E-state index contributed by atoms with van der Waals surface area (Å²) in [5.74, 6) is -0.914. The molecule has 0 radical (unpaired) electrons. The molecule has 3 aliphatic heterocycles. The number of aliphatic hydroxyl groups is 10. The van der Waals surface area contributed by atoms with Crippen LogP contribution in [0.2, 0.25) is 0 Å². The quantitative estimate of drug-likeness (QED) is 0.0973. The zero-order valence-electron chi connectivity index (χ0n) is 27.3. The number of ether oxygens (including phenoxy) is 6. The summed E-state index contributed by atoms with van der Waals surface area (Å²) in [4.78, 5) is 0. The van der Waals surface area contributed by atoms with Crippen LogP contribution in [0, 0.1) is 0 Å². The van der Waals surface area contributed by atoms with Crippen molar-refractivity contribution in [2.75, 3.05) is 13.2 Å². The lowest BCUT2D eigenvalue weighted by molar-refractivity contribution is -0.318. The predicted octanol–water partition coefficient (Wildman–Crippen LogP) is -3.00. The van der Waals surface area contributed by atoms with E-state index in [4.69, 9.17) is 32.8 Å². The van der Waals surface area contributed by atoms with E-state index >= 15 is 0 Å². The van der Waals surface area contributed by atoms with Crippen LogP contribution in [0.15, 0.2) is 46.9 Å². The van der Waals surface area contributed by atoms with E-state index in [0.717, 1.165) is 6.07 Å². The van der Waals surface area contributed by atoms with Gasteiger partial charge in [-0.25, -0.2) is 4.42 Å². The summed E-state index contributed by atoms with van der Waals surface area (Å²) < 4.78 is 40.2. The van der Waals surface area contributed by atoms with Crippen LogP contribution >= 0.6 is 0 Å². The highest BCUT2D eigenvalue weighted by Gasteiger charge is 2.49. The van der Waals surface area contributed by atoms with Crippen molar-refractivity contribution in [1.82, 2.24) is 0 Å². The molecule has 3 saturated heterocycles. The van der Waals surface area contributed by atoms with Crippen LogP contribution in [-0.4, -0.2) is 167 Å². The Labute approximate surface area is 294 Å². The number of aromatic hydroxyl groups is 2. The lowest BCUT2D eigenvalue weighted by Gasteiger charge is -2.42. The minimum Gasteiger partial charge on any atom is -0.508 e. The fourth-order valence-electron chi connectivity index (χ4n) is 6.08. The summed E-state index contributed by atoms with van der Waals surface area (Å²) in [6.45, 7) is 0.142. The summed E-state index contributed by atoms with van der Waals surface area (Å²) in [5, 5.41) is 124. The molecule has 15 atom stereocenters. The van der Waals surface area contributed by atoms with Gasteiger partial charge in [-0.1, -0.05) is 0 Å². The van der Waals surface area contributed by atoms with Crippen molar-refractivity contribution in [3.63, 3.8) is 0 Å². The first-order chi connectivity index (χ1) is 24.7. The van der Waals surface area contributed by atoms with Crippen LogP contribution in [0.5, 0.6) is 23.0 Å². The Kier molecular flexibility index (Phi) is 11.4. The van der Waals surface area contributed by atoms with Gasteiger partial charge in [0, 0.05) is 12.1 Å². The van der Waals surface area contributed by atoms with Gasteiger partial charge in [0.2, 0.25) is 18.3 Å². The molecular weight excluding hydrogens is 700 g/mol. The molecule has 6 rings (SSSR count). The summed E-state index contributed by atoms with van der Waals surface area (Å²) in [6, 6.07) is 9.23. The molecule has 3 aliphatic rings. The fourth-order valence-corrected chi connectivity index (χ4v) is 6.08. The van der Waals surface area contributed by atoms with Crippen LogP contribution < -0.4 is 9.47 Å². The number of benzene rings is 2. The van der Waals surface area contributed by atoms with E-state index in [1.165, 1.54) is 43.3 Å². The molecule has 3 aromatic rings. The van der Waals surface area contributed by atoms with E-state index in [-0.39, 0.29) is 39.7 Å². The first-order valence-corrected chi connectivity index (χ1v) is 16.3. The molecule has 0 spiro atoms. The number of aliphatic hydroxyl groups excluding tert-OH is 10. The SMILES string of the molecule is CC1O[C@@H](OCC2O[C@@H](Oc3cc4c(O[C@@H]5OC(CO)[C@@H](O)[C@H](O)C5O)cc(O)cc4[o+]c3-c3ccc(O)cc3)C(O)C(O)[C@H]2O)C(O)[C@@H](O)[C@H]1O. The lowest BCUT2D eigenvalue weighted by atomic mass is 9.98. The van der Waals surface area contributed by atoms with Gasteiger partial charge in [-0.05, 0) is 31.2 Å². The van der Waals surface area contributed by atoms with Gasteiger partial charge in [0.15, 0.2) is 6.29 Å². The number of hydrogen-bond acceptors (Lipinski definition) is 18. The third kappa shape index (κ3) is 7.47. The first-order valence-electron chi connectivity index (χ1n) is 16.3. The highest BCUT2D eigenvalue weighted by atomic mass is 16.7. The Morgan fingerprint density at radius 3 is 1.79 bits per heavy atom. The normalized spacial score (nSPS) is 38.2. The zero-order chi connectivity index (χ0) is 37.6. The topological polar surface area (TPSA) is 309 Å². The molecule has 19 nitrogen and oxygen atoms in total. The van der Waals surface area contributed by atoms with Crippen molar-refractivity contribution in [1.29, 1.82) is 0 Å². The number of phenols is 2. The van der Waals surface area contributed by atoms with Crippen molar-refractivity contribution in [3.8, 4) is 34.3 Å². The van der Waals surface area contributed by atoms with E-state index in [0.29, 0.717) is 5.56 Å². The summed E-state index contributed by atoms with van der Waals surface area (Å²) in [5.41, 5.74) is 0.271. The Balaban J connectivity index is 1.33. The van der Waals surface area contributed by atoms with Crippen LogP contribution in [-0.2, 0) is 18.9 Å². The largest absolute Gasteiger partial charge is 0.508 e. The molecule has 19 heteroatoms. The molecule has 0 amide bonds. The maximum absolute atomic E-state index is 10.9. The molecule has 0 aliphatic carbocycles. The minimum atomic E-state index is -1.88. The number of hydrogen-bond donors (Lipinski definition) is 12. The van der Waals surface area contributed by atoms with Gasteiger partial charge in [0.1, 0.15) is 89.8 Å². The zero-order valence-corrected chi connectivity index (χ0v) is 27.3. The van der Waals surface area contributed by atoms with Crippen LogP contribution in [0.3, 0.4) is 0 Å². The molecular formula is C33H41O19+. The van der Waals surface area contributed by atoms with E-state index < -0.39 is 105 Å². The van der Waals surface area contributed by atoms with Gasteiger partial charge in [0.25, 0.3) is 0 Å². The van der Waals surface area contributed by atoms with E-state index in [2.05, 4.69) is 0 Å². The van der Waals surface area contributed by atoms with Crippen molar-refractivity contribution in [3.05, 3.63) is 42.5 Å². The molecule has 0 saturated carbocycles. The average Bonchev–Trinajstić information content (AvgIpc) is 3.12. The van der Waals surface area contributed by atoms with Gasteiger partial charge in [-0.2, -0.15) is 0 Å². The Bertz CT molecular complexity index is 1670. The smallest absolute Gasteiger partial charge is 0.402 e. The van der Waals surface area contributed by atoms with Crippen molar-refractivity contribution >= 4 is 11.0 Å². The van der Waals surface area contributed by atoms with Crippen molar-refractivity contribution in [2.24, 2.45) is 0 Å². The van der Waals surface area contributed by atoms with Crippen molar-refractivity contribution < 1.29 is 94.1 Å². The first kappa shape index (κ1) is 38.2. The van der Waals surface area contributed by atoms with E-state index in [9.17, 15) is 61.3 Å². The highest BCUT2D eigenvalue weighted by molar-refractivity contribution is 5.88. The second-order valence-electron chi connectivity index (χ2n) is 12.8. The number of fused-ring (bicyclic) bond motifs is 1. The Hall–Kier alpha value is -3.51. The van der Waals surface area contributed by atoms with E-state index in [1.54, 1.807) is 0 Å². The predicted molar refractivity (Wildman–Crippen MR) is 169 cm³/mol. The average molecular weight is 742 g/mol. The van der Waals surface area contributed by atoms with Crippen molar-refractivity contribution in [2.45, 2.75) is 99.0 Å². The third-order valence-corrected chi connectivity index (χ3v) is 9.17. The summed E-state index contributed by atoms with van der Waals surface area (Å²) in [7, 11) is 0. The lowest BCUT2D eigenvalue weighted by Crippen LogP contribution is -2.61. The monoisotopic (exact) mass is 741 g/mol. The summed E-state index contributed by atoms with van der Waals surface area (Å²) in [6.07, 6.45) is -24.0. The maximum Gasteiger partial charge on any atom is 0.402 e. The Morgan fingerprint density at radius 2 is 1.15 bits per heavy atom. The standard InChI is InChI=1S/C33H40O19/c1-11-21(37)24(40)27(43)31(47-11)46-10-20-23(39)26(42)29(45)33(52-20)50-18-8-15-16(48-30(18)12-2-4-13(35)5-3-12)6-14(36)7-17(15)49-32-28(44)25(41)22(38)19(9-34)51-32/h2-8,11,19-29,31-34,37-45H,9-10H2,1H3,(H-,35,36)/p+1/t11?,19?,20?,21-,22+,23-,24-,25-,26?,27?,28?,29?,31+,32+,33+/m0/s1. The molecule has 0 bridgehead atoms. The highest BCUT2D eigenvalue weighted by Crippen LogP contribution is 2.42. The van der Waals surface area contributed by atoms with Gasteiger partial charge in [-0.15, -0.1) is 0 Å². The Morgan fingerprint density at radius 1 is 0.596 bits per heavy atom. The maximum atomic E-state index is 10.9. The molecule has 52 heavy (non-hydrogen) atoms. The van der Waals surface area contributed by atoms with E-state index in [1.807, 2.05) is 0 Å². The van der Waals surface area contributed by atoms with Gasteiger partial charge >= 0.3 is 11.3 Å². The van der Waals surface area contributed by atoms with Crippen LogP contribution in [0.1, 0.15) is 6.92 Å². The minimum absolute atomic E-state index is 0.0329. The molecule has 2 aromatic carbocycles. The second-order valence-corrected chi connectivity index (χ2v) is 12.8. The molecule has 4 heterocycles. The molecule has 7 unspecified atom stereocenters. The summed E-state index contributed by atoms with van der Waals surface area (Å²) >= 11 is 0. The second kappa shape index (κ2) is 15.5. The molecule has 1 aromatic heterocycles. The van der Waals surface area contributed by atoms with Gasteiger partial charge in [-0.3, -0.25) is 0 Å². The molecule has 12 N–H and O–H groups in total. The van der Waals surface area contributed by atoms with Crippen LogP contribution in [0.25, 0.3) is 22.3 Å². The number of rotatable bonds is 9. The number of phenolic OH excluding ortho intramolecular Hbond substituents is 2. The van der Waals surface area contributed by atoms with Gasteiger partial charge < -0.3 is 89.7 Å². The fraction of sp³-hybridized carbons (Fsp3) is 0.545. The van der Waals surface area contributed by atoms with Gasteiger partial charge in [0.05, 0.1) is 30.9 Å². The molecule has 3 fully saturated rings. The van der Waals surface area contributed by atoms with Crippen LogP contribution in [0.4, 0.5) is 0 Å². The third-order valence-electron chi connectivity index (χ3n) is 9.17.